The van der Waals surface area contributed by atoms with E-state index in [0.717, 1.165) is 25.2 Å². The molecule has 0 radical (unpaired) electrons. The Kier molecular flexibility index (Phi) is 4.52. The van der Waals surface area contributed by atoms with Crippen LogP contribution in [0.2, 0.25) is 0 Å². The van der Waals surface area contributed by atoms with Crippen LogP contribution < -0.4 is 4.74 Å². The van der Waals surface area contributed by atoms with Gasteiger partial charge in [-0.1, -0.05) is 0 Å². The van der Waals surface area contributed by atoms with Gasteiger partial charge < -0.3 is 9.84 Å². The van der Waals surface area contributed by atoms with Crippen molar-refractivity contribution in [3.05, 3.63) is 29.1 Å². The molecule has 0 amide bonds. The quantitative estimate of drug-likeness (QED) is 0.873. The molecule has 1 unspecified atom stereocenters. The normalized spacial score (nSPS) is 22.3. The molecule has 2 fully saturated rings. The Bertz CT molecular complexity index is 760. The summed E-state index contributed by atoms with van der Waals surface area (Å²) in [5, 5.41) is 9.07. The zero-order valence-corrected chi connectivity index (χ0v) is 14.2. The van der Waals surface area contributed by atoms with Crippen molar-refractivity contribution in [1.29, 1.82) is 0 Å². The molecule has 1 aliphatic heterocycles. The lowest BCUT2D eigenvalue weighted by atomic mass is 10.0. The number of benzene rings is 1. The third-order valence-electron chi connectivity index (χ3n) is 4.45. The van der Waals surface area contributed by atoms with Gasteiger partial charge in [0.05, 0.1) is 18.4 Å². The summed E-state index contributed by atoms with van der Waals surface area (Å²) in [6, 6.07) is 2.47. The van der Waals surface area contributed by atoms with Crippen molar-refractivity contribution in [2.45, 2.75) is 37.7 Å². The van der Waals surface area contributed by atoms with Crippen LogP contribution in [-0.4, -0.2) is 49.2 Å². The van der Waals surface area contributed by atoms with Gasteiger partial charge in [-0.2, -0.15) is 4.31 Å². The minimum absolute atomic E-state index is 0.188. The van der Waals surface area contributed by atoms with Gasteiger partial charge in [0, 0.05) is 12.6 Å². The summed E-state index contributed by atoms with van der Waals surface area (Å²) in [4.78, 5) is 11.1. The minimum atomic E-state index is -3.29. The van der Waals surface area contributed by atoms with Crippen LogP contribution in [0.5, 0.6) is 5.75 Å². The van der Waals surface area contributed by atoms with Gasteiger partial charge in [0.1, 0.15) is 17.7 Å². The Labute approximate surface area is 140 Å². The summed E-state index contributed by atoms with van der Waals surface area (Å²) in [6.07, 6.45) is 3.99. The van der Waals surface area contributed by atoms with E-state index in [1.54, 1.807) is 0 Å². The van der Waals surface area contributed by atoms with Crippen molar-refractivity contribution in [2.75, 3.05) is 19.3 Å². The first-order valence-corrected chi connectivity index (χ1v) is 9.79. The Morgan fingerprint density at radius 1 is 1.33 bits per heavy atom. The summed E-state index contributed by atoms with van der Waals surface area (Å²) in [7, 11) is -3.29. The fourth-order valence-corrected chi connectivity index (χ4v) is 3.93. The predicted molar refractivity (Wildman–Crippen MR) is 85.4 cm³/mol. The van der Waals surface area contributed by atoms with Gasteiger partial charge in [-0.05, 0) is 43.2 Å². The van der Waals surface area contributed by atoms with Crippen molar-refractivity contribution in [1.82, 2.24) is 4.31 Å². The van der Waals surface area contributed by atoms with Crippen molar-refractivity contribution >= 4 is 16.0 Å². The fraction of sp³-hybridized carbons (Fsp3) is 0.562. The van der Waals surface area contributed by atoms with E-state index in [2.05, 4.69) is 0 Å². The van der Waals surface area contributed by atoms with Gasteiger partial charge in [0.15, 0.2) is 0 Å². The first kappa shape index (κ1) is 17.2. The van der Waals surface area contributed by atoms with Gasteiger partial charge >= 0.3 is 5.97 Å². The van der Waals surface area contributed by atoms with E-state index in [1.165, 1.54) is 10.4 Å². The third-order valence-corrected chi connectivity index (χ3v) is 5.72. The molecule has 1 aliphatic carbocycles. The van der Waals surface area contributed by atoms with E-state index in [9.17, 15) is 17.6 Å². The monoisotopic (exact) mass is 357 g/mol. The lowest BCUT2D eigenvalue weighted by Gasteiger charge is -2.31. The van der Waals surface area contributed by atoms with Crippen LogP contribution in [-0.2, 0) is 10.0 Å². The largest absolute Gasteiger partial charge is 0.489 e. The van der Waals surface area contributed by atoms with Crippen LogP contribution in [0.25, 0.3) is 0 Å². The van der Waals surface area contributed by atoms with Crippen molar-refractivity contribution < 1.29 is 27.4 Å². The van der Waals surface area contributed by atoms with Crippen LogP contribution in [0.15, 0.2) is 12.1 Å². The van der Waals surface area contributed by atoms with Crippen molar-refractivity contribution in [3.8, 4) is 5.75 Å². The lowest BCUT2D eigenvalue weighted by molar-refractivity contribution is 0.0691. The van der Waals surface area contributed by atoms with E-state index in [0.29, 0.717) is 30.7 Å². The average molecular weight is 357 g/mol. The van der Waals surface area contributed by atoms with Crippen molar-refractivity contribution in [2.24, 2.45) is 0 Å². The van der Waals surface area contributed by atoms with E-state index in [-0.39, 0.29) is 24.1 Å². The maximum absolute atomic E-state index is 14.0. The first-order chi connectivity index (χ1) is 11.3. The second kappa shape index (κ2) is 6.33. The van der Waals surface area contributed by atoms with E-state index in [1.807, 2.05) is 0 Å². The molecule has 1 aromatic rings. The number of halogens is 1. The number of hydrogen-bond donors (Lipinski definition) is 1. The molecule has 24 heavy (non-hydrogen) atoms. The molecular weight excluding hydrogens is 337 g/mol. The second-order valence-electron chi connectivity index (χ2n) is 6.45. The highest BCUT2D eigenvalue weighted by atomic mass is 32.2. The van der Waals surface area contributed by atoms with Gasteiger partial charge in [-0.25, -0.2) is 17.6 Å². The standard InChI is InChI=1S/C16H20FNO5S/c1-24(21,22)18-6-2-3-11(9-18)23-15-8-14(17)13(16(19)20)7-12(15)10-4-5-10/h7-8,10-11H,2-6,9H2,1H3,(H,19,20). The van der Waals surface area contributed by atoms with Crippen LogP contribution in [0.3, 0.4) is 0 Å². The second-order valence-corrected chi connectivity index (χ2v) is 8.43. The van der Waals surface area contributed by atoms with Gasteiger partial charge in [-0.3, -0.25) is 0 Å². The first-order valence-electron chi connectivity index (χ1n) is 7.94. The predicted octanol–water partition coefficient (Wildman–Crippen LogP) is 2.20. The molecule has 132 valence electrons. The number of hydrogen-bond acceptors (Lipinski definition) is 4. The number of piperidine rings is 1. The number of carbonyl (C=O) groups is 1. The highest BCUT2D eigenvalue weighted by Gasteiger charge is 2.32. The molecule has 1 atom stereocenters. The molecule has 1 aromatic carbocycles. The zero-order valence-electron chi connectivity index (χ0n) is 13.4. The van der Waals surface area contributed by atoms with E-state index in [4.69, 9.17) is 9.84 Å². The van der Waals surface area contributed by atoms with Crippen LogP contribution >= 0.6 is 0 Å². The number of carboxylic acids is 1. The molecule has 1 heterocycles. The number of nitrogens with zero attached hydrogens (tertiary/aromatic N) is 1. The number of sulfonamides is 1. The highest BCUT2D eigenvalue weighted by molar-refractivity contribution is 7.88. The molecule has 0 bridgehead atoms. The van der Waals surface area contributed by atoms with Crippen LogP contribution in [0, 0.1) is 5.82 Å². The Hall–Kier alpha value is -1.67. The number of aromatic carboxylic acids is 1. The number of rotatable bonds is 5. The Morgan fingerprint density at radius 2 is 2.04 bits per heavy atom. The summed E-state index contributed by atoms with van der Waals surface area (Å²) in [6.45, 7) is 0.686. The van der Waals surface area contributed by atoms with Gasteiger partial charge in [0.2, 0.25) is 10.0 Å². The smallest absolute Gasteiger partial charge is 0.338 e. The van der Waals surface area contributed by atoms with Crippen LogP contribution in [0.4, 0.5) is 4.39 Å². The maximum Gasteiger partial charge on any atom is 0.338 e. The Balaban J connectivity index is 1.84. The van der Waals surface area contributed by atoms with Gasteiger partial charge in [0.25, 0.3) is 0 Å². The van der Waals surface area contributed by atoms with Gasteiger partial charge in [-0.15, -0.1) is 0 Å². The molecule has 1 saturated heterocycles. The molecular formula is C16H20FNO5S. The zero-order chi connectivity index (χ0) is 17.5. The maximum atomic E-state index is 14.0. The molecule has 8 heteroatoms. The van der Waals surface area contributed by atoms with E-state index < -0.39 is 21.8 Å². The summed E-state index contributed by atoms with van der Waals surface area (Å²) in [5.41, 5.74) is 0.343. The molecule has 0 spiro atoms. The fourth-order valence-electron chi connectivity index (χ4n) is 3.03. The third kappa shape index (κ3) is 3.70. The summed E-state index contributed by atoms with van der Waals surface area (Å²) < 4.78 is 44.6. The van der Waals surface area contributed by atoms with Crippen molar-refractivity contribution in [3.63, 3.8) is 0 Å². The molecule has 0 aromatic heterocycles. The number of ether oxygens (including phenoxy) is 1. The minimum Gasteiger partial charge on any atom is -0.489 e. The average Bonchev–Trinajstić information content (AvgIpc) is 3.31. The summed E-state index contributed by atoms with van der Waals surface area (Å²) >= 11 is 0. The summed E-state index contributed by atoms with van der Waals surface area (Å²) in [5.74, 6) is -1.62. The highest BCUT2D eigenvalue weighted by Crippen LogP contribution is 2.45. The Morgan fingerprint density at radius 3 is 2.62 bits per heavy atom. The molecule has 6 nitrogen and oxygen atoms in total. The van der Waals surface area contributed by atoms with Crippen LogP contribution in [0.1, 0.15) is 47.5 Å². The SMILES string of the molecule is CS(=O)(=O)N1CCCC(Oc2cc(F)c(C(=O)O)cc2C2CC2)C1. The lowest BCUT2D eigenvalue weighted by Crippen LogP contribution is -2.43. The van der Waals surface area contributed by atoms with E-state index >= 15 is 0 Å². The molecule has 1 saturated carbocycles. The number of carboxylic acid groups (broad SMARTS) is 1. The molecule has 1 N–H and O–H groups in total. The molecule has 2 aliphatic rings. The molecule has 3 rings (SSSR count). The topological polar surface area (TPSA) is 83.9 Å².